The van der Waals surface area contributed by atoms with E-state index in [4.69, 9.17) is 5.73 Å². The molecule has 1 aromatic heterocycles. The molecule has 0 aliphatic carbocycles. The van der Waals surface area contributed by atoms with Crippen LogP contribution in [0, 0.1) is 0 Å². The van der Waals surface area contributed by atoms with E-state index < -0.39 is 10.0 Å². The lowest BCUT2D eigenvalue weighted by molar-refractivity contribution is 0.586. The van der Waals surface area contributed by atoms with Gasteiger partial charge in [0.05, 0.1) is 6.20 Å². The van der Waals surface area contributed by atoms with Crippen molar-refractivity contribution in [2.24, 2.45) is 0 Å². The third-order valence-electron chi connectivity index (χ3n) is 1.85. The molecule has 6 nitrogen and oxygen atoms in total. The first-order valence-corrected chi connectivity index (χ1v) is 5.93. The van der Waals surface area contributed by atoms with Gasteiger partial charge in [-0.1, -0.05) is 6.08 Å². The second-order valence-electron chi connectivity index (χ2n) is 2.85. The van der Waals surface area contributed by atoms with Crippen LogP contribution >= 0.6 is 0 Å². The molecule has 7 heteroatoms. The summed E-state index contributed by atoms with van der Waals surface area (Å²) in [4.78, 5) is 0.00574. The standard InChI is InChI=1S/C8H14N4O2S/c1-3-5-11-15(13,14)7-6-10-12(4-2)8(7)9/h3,6,11H,1,4-5,9H2,2H3. The first kappa shape index (κ1) is 11.7. The molecule has 1 heterocycles. The predicted octanol–water partition coefficient (Wildman–Crippen LogP) is -0.0505. The Bertz CT molecular complexity index is 449. The minimum Gasteiger partial charge on any atom is -0.383 e. The number of nitrogen functional groups attached to an aromatic ring is 1. The Kier molecular flexibility index (Phi) is 3.48. The normalized spacial score (nSPS) is 11.5. The highest BCUT2D eigenvalue weighted by Crippen LogP contribution is 2.16. The van der Waals surface area contributed by atoms with Crippen molar-refractivity contribution in [3.63, 3.8) is 0 Å². The average molecular weight is 230 g/mol. The summed E-state index contributed by atoms with van der Waals surface area (Å²) in [7, 11) is -3.57. The lowest BCUT2D eigenvalue weighted by Crippen LogP contribution is -2.24. The van der Waals surface area contributed by atoms with Gasteiger partial charge in [-0.3, -0.25) is 0 Å². The third-order valence-corrected chi connectivity index (χ3v) is 3.29. The molecular formula is C8H14N4O2S. The van der Waals surface area contributed by atoms with E-state index in [0.29, 0.717) is 6.54 Å². The molecule has 0 spiro atoms. The van der Waals surface area contributed by atoms with E-state index >= 15 is 0 Å². The van der Waals surface area contributed by atoms with Crippen LogP contribution in [0.2, 0.25) is 0 Å². The van der Waals surface area contributed by atoms with Crippen molar-refractivity contribution < 1.29 is 8.42 Å². The highest BCUT2D eigenvalue weighted by molar-refractivity contribution is 7.89. The zero-order chi connectivity index (χ0) is 11.5. The first-order chi connectivity index (χ1) is 7.03. The molecule has 1 aromatic rings. The Balaban J connectivity index is 3.05. The monoisotopic (exact) mass is 230 g/mol. The molecule has 0 aliphatic rings. The van der Waals surface area contributed by atoms with Crippen molar-refractivity contribution in [2.75, 3.05) is 12.3 Å². The predicted molar refractivity (Wildman–Crippen MR) is 57.7 cm³/mol. The summed E-state index contributed by atoms with van der Waals surface area (Å²) in [5.74, 6) is 0.147. The molecule has 0 fully saturated rings. The van der Waals surface area contributed by atoms with Crippen LogP contribution in [0.25, 0.3) is 0 Å². The number of aromatic nitrogens is 2. The van der Waals surface area contributed by atoms with Gasteiger partial charge in [0.2, 0.25) is 10.0 Å². The minimum atomic E-state index is -3.57. The van der Waals surface area contributed by atoms with Gasteiger partial charge in [0, 0.05) is 13.1 Å². The van der Waals surface area contributed by atoms with Crippen LogP contribution in [0.15, 0.2) is 23.7 Å². The molecule has 0 saturated heterocycles. The second kappa shape index (κ2) is 4.45. The summed E-state index contributed by atoms with van der Waals surface area (Å²) in [5.41, 5.74) is 5.63. The molecule has 0 amide bonds. The zero-order valence-electron chi connectivity index (χ0n) is 8.47. The van der Waals surface area contributed by atoms with E-state index in [0.717, 1.165) is 0 Å². The number of anilines is 1. The summed E-state index contributed by atoms with van der Waals surface area (Å²) >= 11 is 0. The van der Waals surface area contributed by atoms with Crippen molar-refractivity contribution in [1.82, 2.24) is 14.5 Å². The molecule has 0 bridgehead atoms. The van der Waals surface area contributed by atoms with Crippen LogP contribution in [0.5, 0.6) is 0 Å². The molecule has 1 rings (SSSR count). The number of hydrogen-bond acceptors (Lipinski definition) is 4. The maximum Gasteiger partial charge on any atom is 0.246 e. The topological polar surface area (TPSA) is 90.0 Å². The maximum absolute atomic E-state index is 11.6. The number of nitrogens with two attached hydrogens (primary N) is 1. The Hall–Kier alpha value is -1.34. The SMILES string of the molecule is C=CCNS(=O)(=O)c1cnn(CC)c1N. The van der Waals surface area contributed by atoms with E-state index in [2.05, 4.69) is 16.4 Å². The second-order valence-corrected chi connectivity index (χ2v) is 4.59. The molecule has 0 atom stereocenters. The fourth-order valence-electron chi connectivity index (χ4n) is 1.08. The summed E-state index contributed by atoms with van der Waals surface area (Å²) in [5, 5.41) is 3.86. The van der Waals surface area contributed by atoms with Crippen molar-refractivity contribution in [2.45, 2.75) is 18.4 Å². The van der Waals surface area contributed by atoms with Gasteiger partial charge in [0.25, 0.3) is 0 Å². The van der Waals surface area contributed by atoms with Gasteiger partial charge in [0.15, 0.2) is 0 Å². The summed E-state index contributed by atoms with van der Waals surface area (Å²) in [6.45, 7) is 5.95. The van der Waals surface area contributed by atoms with Gasteiger partial charge < -0.3 is 5.73 Å². The molecule has 3 N–H and O–H groups in total. The van der Waals surface area contributed by atoms with Gasteiger partial charge in [-0.25, -0.2) is 17.8 Å². The van der Waals surface area contributed by atoms with Crippen LogP contribution in [0.3, 0.4) is 0 Å². The lowest BCUT2D eigenvalue weighted by Gasteiger charge is -2.03. The van der Waals surface area contributed by atoms with Crippen molar-refractivity contribution >= 4 is 15.8 Å². The third kappa shape index (κ3) is 2.37. The fraction of sp³-hybridized carbons (Fsp3) is 0.375. The molecule has 0 unspecified atom stereocenters. The molecular weight excluding hydrogens is 216 g/mol. The van der Waals surface area contributed by atoms with Gasteiger partial charge in [-0.15, -0.1) is 6.58 Å². The van der Waals surface area contributed by atoms with Gasteiger partial charge >= 0.3 is 0 Å². The van der Waals surface area contributed by atoms with E-state index in [-0.39, 0.29) is 17.3 Å². The molecule has 0 saturated carbocycles. The molecule has 0 aliphatic heterocycles. The van der Waals surface area contributed by atoms with Crippen LogP contribution < -0.4 is 10.5 Å². The Morgan fingerprint density at radius 1 is 1.73 bits per heavy atom. The summed E-state index contributed by atoms with van der Waals surface area (Å²) in [6, 6.07) is 0. The Morgan fingerprint density at radius 3 is 2.87 bits per heavy atom. The number of sulfonamides is 1. The van der Waals surface area contributed by atoms with Crippen LogP contribution in [0.4, 0.5) is 5.82 Å². The minimum absolute atomic E-state index is 0.00574. The van der Waals surface area contributed by atoms with Gasteiger partial charge in [0.1, 0.15) is 10.7 Å². The Labute approximate surface area is 88.8 Å². The van der Waals surface area contributed by atoms with E-state index in [1.165, 1.54) is 17.0 Å². The quantitative estimate of drug-likeness (QED) is 0.694. The number of nitrogens with zero attached hydrogens (tertiary/aromatic N) is 2. The first-order valence-electron chi connectivity index (χ1n) is 4.44. The zero-order valence-corrected chi connectivity index (χ0v) is 9.29. The lowest BCUT2D eigenvalue weighted by atomic mass is 10.6. The highest BCUT2D eigenvalue weighted by atomic mass is 32.2. The van der Waals surface area contributed by atoms with Crippen molar-refractivity contribution in [3.8, 4) is 0 Å². The molecule has 84 valence electrons. The van der Waals surface area contributed by atoms with Crippen LogP contribution in [0.1, 0.15) is 6.92 Å². The molecule has 15 heavy (non-hydrogen) atoms. The summed E-state index contributed by atoms with van der Waals surface area (Å²) < 4.78 is 27.0. The number of hydrogen-bond donors (Lipinski definition) is 2. The highest BCUT2D eigenvalue weighted by Gasteiger charge is 2.20. The fourth-order valence-corrected chi connectivity index (χ4v) is 2.14. The molecule has 0 aromatic carbocycles. The smallest absolute Gasteiger partial charge is 0.246 e. The van der Waals surface area contributed by atoms with E-state index in [9.17, 15) is 8.42 Å². The van der Waals surface area contributed by atoms with Crippen LogP contribution in [-0.4, -0.2) is 24.7 Å². The van der Waals surface area contributed by atoms with Gasteiger partial charge in [-0.2, -0.15) is 5.10 Å². The van der Waals surface area contributed by atoms with Crippen LogP contribution in [-0.2, 0) is 16.6 Å². The van der Waals surface area contributed by atoms with E-state index in [1.54, 1.807) is 0 Å². The number of nitrogens with one attached hydrogen (secondary N) is 1. The van der Waals surface area contributed by atoms with Crippen molar-refractivity contribution in [1.29, 1.82) is 0 Å². The van der Waals surface area contributed by atoms with E-state index in [1.807, 2.05) is 6.92 Å². The van der Waals surface area contributed by atoms with Gasteiger partial charge in [-0.05, 0) is 6.92 Å². The van der Waals surface area contributed by atoms with Crippen molar-refractivity contribution in [3.05, 3.63) is 18.9 Å². The summed E-state index contributed by atoms with van der Waals surface area (Å²) in [6.07, 6.45) is 2.70. The number of rotatable bonds is 5. The average Bonchev–Trinajstić information content (AvgIpc) is 2.57. The molecule has 0 radical (unpaired) electrons. The maximum atomic E-state index is 11.6. The largest absolute Gasteiger partial charge is 0.383 e. The number of aryl methyl sites for hydroxylation is 1. The Morgan fingerprint density at radius 2 is 2.40 bits per heavy atom.